The molecule has 3 heterocycles. The van der Waals surface area contributed by atoms with Gasteiger partial charge in [-0.2, -0.15) is 0 Å². The quantitative estimate of drug-likeness (QED) is 0.404. The largest absolute Gasteiger partial charge is 0.494 e. The Morgan fingerprint density at radius 3 is 2.73 bits per heavy atom. The third kappa shape index (κ3) is 2.98. The van der Waals surface area contributed by atoms with Crippen molar-refractivity contribution in [3.05, 3.63) is 42.1 Å². The van der Waals surface area contributed by atoms with Gasteiger partial charge < -0.3 is 13.9 Å². The highest BCUT2D eigenvalue weighted by Gasteiger charge is 2.26. The van der Waals surface area contributed by atoms with E-state index < -0.39 is 0 Å². The summed E-state index contributed by atoms with van der Waals surface area (Å²) in [7, 11) is 1.65. The minimum atomic E-state index is 0.0924. The zero-order valence-electron chi connectivity index (χ0n) is 17.7. The molecule has 0 saturated heterocycles. The summed E-state index contributed by atoms with van der Waals surface area (Å²) in [6, 6.07) is 10.00. The Balaban J connectivity index is 1.78. The van der Waals surface area contributed by atoms with E-state index in [1.807, 2.05) is 31.3 Å². The van der Waals surface area contributed by atoms with Crippen LogP contribution in [0.5, 0.6) is 5.75 Å². The Morgan fingerprint density at radius 1 is 1.20 bits per heavy atom. The third-order valence-electron chi connectivity index (χ3n) is 6.01. The highest BCUT2D eigenvalue weighted by Crippen LogP contribution is 2.37. The first-order valence-corrected chi connectivity index (χ1v) is 10.7. The first-order chi connectivity index (χ1) is 14.6. The van der Waals surface area contributed by atoms with Crippen LogP contribution in [-0.4, -0.2) is 32.0 Å². The van der Waals surface area contributed by atoms with Gasteiger partial charge in [0.2, 0.25) is 0 Å². The fourth-order valence-electron chi connectivity index (χ4n) is 4.27. The van der Waals surface area contributed by atoms with Gasteiger partial charge in [-0.15, -0.1) is 0 Å². The fourth-order valence-corrected chi connectivity index (χ4v) is 4.27. The van der Waals surface area contributed by atoms with Gasteiger partial charge in [-0.3, -0.25) is 4.79 Å². The highest BCUT2D eigenvalue weighted by molar-refractivity contribution is 6.01. The number of hydrogen-bond acceptors (Lipinski definition) is 4. The molecule has 1 aliphatic rings. The van der Waals surface area contributed by atoms with Crippen molar-refractivity contribution in [1.82, 2.24) is 19.1 Å². The summed E-state index contributed by atoms with van der Waals surface area (Å²) >= 11 is 0. The van der Waals surface area contributed by atoms with E-state index in [1.165, 1.54) is 12.8 Å². The number of carbonyl (C=O) groups excluding carboxylic acids is 1. The molecule has 0 amide bonds. The number of benzene rings is 1. The summed E-state index contributed by atoms with van der Waals surface area (Å²) in [5.41, 5.74) is 4.44. The molecular weight excluding hydrogens is 376 g/mol. The number of nitrogens with zero attached hydrogens (tertiary/aromatic N) is 4. The predicted molar refractivity (Wildman–Crippen MR) is 118 cm³/mol. The number of imidazole rings is 1. The first kappa shape index (κ1) is 18.9. The number of ketones is 1. The Labute approximate surface area is 175 Å². The molecule has 1 fully saturated rings. The summed E-state index contributed by atoms with van der Waals surface area (Å²) in [5, 5.41) is 1.12. The standard InChI is InChI=1S/C24H26N4O2/c1-4-20(29)17-11-18-22(21(13-17)30-3)27(5-2)24(26-18)19-12-16-7-6-10-25-23(16)28(19)14-15-8-9-15/h6-7,10-13,15H,4-5,8-9,14H2,1-3H3. The van der Waals surface area contributed by atoms with E-state index >= 15 is 0 Å². The van der Waals surface area contributed by atoms with E-state index in [2.05, 4.69) is 33.2 Å². The lowest BCUT2D eigenvalue weighted by Gasteiger charge is -2.12. The molecule has 4 aromatic rings. The second kappa shape index (κ2) is 7.27. The van der Waals surface area contributed by atoms with Crippen molar-refractivity contribution in [3.63, 3.8) is 0 Å². The van der Waals surface area contributed by atoms with Crippen LogP contribution < -0.4 is 4.74 Å². The topological polar surface area (TPSA) is 61.9 Å². The second-order valence-electron chi connectivity index (χ2n) is 8.00. The van der Waals surface area contributed by atoms with Gasteiger partial charge >= 0.3 is 0 Å². The van der Waals surface area contributed by atoms with E-state index in [4.69, 9.17) is 9.72 Å². The van der Waals surface area contributed by atoms with Gasteiger partial charge in [-0.1, -0.05) is 6.92 Å². The van der Waals surface area contributed by atoms with Crippen molar-refractivity contribution in [2.45, 2.75) is 46.2 Å². The van der Waals surface area contributed by atoms with Gasteiger partial charge in [0.25, 0.3) is 0 Å². The van der Waals surface area contributed by atoms with E-state index in [0.717, 1.165) is 46.7 Å². The highest BCUT2D eigenvalue weighted by atomic mass is 16.5. The number of pyridine rings is 1. The normalized spacial score (nSPS) is 14.0. The predicted octanol–water partition coefficient (Wildman–Crippen LogP) is 5.08. The number of methoxy groups -OCH3 is 1. The van der Waals surface area contributed by atoms with Gasteiger partial charge in [-0.05, 0) is 56.0 Å². The van der Waals surface area contributed by atoms with Crippen molar-refractivity contribution in [1.29, 1.82) is 0 Å². The molecule has 0 N–H and O–H groups in total. The molecule has 0 spiro atoms. The number of Topliss-reactive ketones (excluding diaryl/α,β-unsaturated/α-hetero) is 1. The van der Waals surface area contributed by atoms with Crippen molar-refractivity contribution in [2.24, 2.45) is 5.92 Å². The van der Waals surface area contributed by atoms with Crippen LogP contribution in [0, 0.1) is 5.92 Å². The minimum absolute atomic E-state index is 0.0924. The smallest absolute Gasteiger partial charge is 0.162 e. The van der Waals surface area contributed by atoms with E-state index in [1.54, 1.807) is 7.11 Å². The van der Waals surface area contributed by atoms with Crippen molar-refractivity contribution < 1.29 is 9.53 Å². The lowest BCUT2D eigenvalue weighted by molar-refractivity contribution is 0.0988. The van der Waals surface area contributed by atoms with E-state index in [9.17, 15) is 4.79 Å². The Kier molecular flexibility index (Phi) is 4.57. The van der Waals surface area contributed by atoms with Crippen LogP contribution in [0.15, 0.2) is 36.5 Å². The van der Waals surface area contributed by atoms with Crippen LogP contribution in [0.3, 0.4) is 0 Å². The number of carbonyl (C=O) groups is 1. The van der Waals surface area contributed by atoms with Crippen LogP contribution >= 0.6 is 0 Å². The molecule has 0 atom stereocenters. The van der Waals surface area contributed by atoms with Crippen LogP contribution in [-0.2, 0) is 13.1 Å². The molecule has 1 aromatic carbocycles. The number of aromatic nitrogens is 4. The minimum Gasteiger partial charge on any atom is -0.494 e. The lowest BCUT2D eigenvalue weighted by atomic mass is 10.1. The van der Waals surface area contributed by atoms with Crippen molar-refractivity contribution >= 4 is 27.9 Å². The molecule has 0 bridgehead atoms. The average molecular weight is 402 g/mol. The molecule has 1 aliphatic carbocycles. The lowest BCUT2D eigenvalue weighted by Crippen LogP contribution is -2.07. The number of aryl methyl sites for hydroxylation is 1. The Hall–Kier alpha value is -3.15. The maximum Gasteiger partial charge on any atom is 0.162 e. The number of ether oxygens (including phenoxy) is 1. The van der Waals surface area contributed by atoms with Crippen LogP contribution in [0.2, 0.25) is 0 Å². The van der Waals surface area contributed by atoms with Gasteiger partial charge in [0.15, 0.2) is 11.6 Å². The first-order valence-electron chi connectivity index (χ1n) is 10.7. The molecule has 0 aliphatic heterocycles. The van der Waals surface area contributed by atoms with Gasteiger partial charge in [0.05, 0.1) is 18.3 Å². The van der Waals surface area contributed by atoms with Crippen LogP contribution in [0.1, 0.15) is 43.5 Å². The third-order valence-corrected chi connectivity index (χ3v) is 6.01. The molecule has 154 valence electrons. The molecule has 3 aromatic heterocycles. The summed E-state index contributed by atoms with van der Waals surface area (Å²) in [6.45, 7) is 5.70. The Morgan fingerprint density at radius 2 is 2.03 bits per heavy atom. The Bertz CT molecular complexity index is 1260. The zero-order chi connectivity index (χ0) is 20.8. The van der Waals surface area contributed by atoms with Gasteiger partial charge in [0, 0.05) is 36.7 Å². The summed E-state index contributed by atoms with van der Waals surface area (Å²) in [4.78, 5) is 22.0. The molecular formula is C24H26N4O2. The van der Waals surface area contributed by atoms with Crippen LogP contribution in [0.4, 0.5) is 0 Å². The molecule has 0 unspecified atom stereocenters. The second-order valence-corrected chi connectivity index (χ2v) is 8.00. The number of hydrogen-bond donors (Lipinski definition) is 0. The molecule has 5 rings (SSSR count). The van der Waals surface area contributed by atoms with Crippen molar-refractivity contribution in [3.8, 4) is 17.3 Å². The molecule has 0 radical (unpaired) electrons. The number of fused-ring (bicyclic) bond motifs is 2. The average Bonchev–Trinajstić information content (AvgIpc) is 3.41. The SMILES string of the molecule is CCC(=O)c1cc(OC)c2c(c1)nc(-c1cc3cccnc3n1CC1CC1)n2CC. The van der Waals surface area contributed by atoms with Gasteiger partial charge in [0.1, 0.15) is 16.9 Å². The zero-order valence-corrected chi connectivity index (χ0v) is 17.7. The fraction of sp³-hybridized carbons (Fsp3) is 0.375. The molecule has 30 heavy (non-hydrogen) atoms. The van der Waals surface area contributed by atoms with Crippen molar-refractivity contribution in [2.75, 3.05) is 7.11 Å². The van der Waals surface area contributed by atoms with Crippen LogP contribution in [0.25, 0.3) is 33.6 Å². The molecule has 6 nitrogen and oxygen atoms in total. The monoisotopic (exact) mass is 402 g/mol. The molecule has 6 heteroatoms. The maximum absolute atomic E-state index is 12.4. The summed E-state index contributed by atoms with van der Waals surface area (Å²) < 4.78 is 10.2. The van der Waals surface area contributed by atoms with E-state index in [-0.39, 0.29) is 5.78 Å². The van der Waals surface area contributed by atoms with Gasteiger partial charge in [-0.25, -0.2) is 9.97 Å². The molecule has 1 saturated carbocycles. The number of rotatable bonds is 7. The summed E-state index contributed by atoms with van der Waals surface area (Å²) in [5.74, 6) is 2.39. The van der Waals surface area contributed by atoms with E-state index in [0.29, 0.717) is 23.7 Å². The maximum atomic E-state index is 12.4. The summed E-state index contributed by atoms with van der Waals surface area (Å²) in [6.07, 6.45) is 4.85.